The Kier molecular flexibility index (Phi) is 5.28. The van der Waals surface area contributed by atoms with Crippen LogP contribution in [0.4, 0.5) is 0 Å². The van der Waals surface area contributed by atoms with E-state index in [1.54, 1.807) is 0 Å². The molecule has 0 aliphatic heterocycles. The SMILES string of the molecule is [I][Pt]([I])[C]1=CC=CC=CC=C1. The normalized spacial score (nSPS) is 17.3. The molecule has 1 aliphatic rings. The van der Waals surface area contributed by atoms with Crippen molar-refractivity contribution in [3.63, 3.8) is 0 Å². The zero-order chi connectivity index (χ0) is 8.10. The van der Waals surface area contributed by atoms with Gasteiger partial charge in [0.15, 0.2) is 0 Å². The van der Waals surface area contributed by atoms with Crippen molar-refractivity contribution in [3.8, 4) is 0 Å². The number of halogens is 2. The van der Waals surface area contributed by atoms with E-state index in [1.165, 1.54) is 3.96 Å². The molecule has 0 N–H and O–H groups in total. The van der Waals surface area contributed by atoms with Gasteiger partial charge in [-0.1, -0.05) is 0 Å². The number of rotatable bonds is 1. The zero-order valence-corrected chi connectivity index (χ0v) is 12.2. The molecule has 1 rings (SSSR count). The van der Waals surface area contributed by atoms with Gasteiger partial charge in [-0.2, -0.15) is 0 Å². The Balaban J connectivity index is 2.78. The predicted octanol–water partition coefficient (Wildman–Crippen LogP) is 3.87. The second kappa shape index (κ2) is 5.70. The number of hydrogen-bond donors (Lipinski definition) is 0. The van der Waals surface area contributed by atoms with E-state index in [0.29, 0.717) is 0 Å². The van der Waals surface area contributed by atoms with Crippen molar-refractivity contribution in [2.75, 3.05) is 0 Å². The van der Waals surface area contributed by atoms with Crippen LogP contribution in [-0.4, -0.2) is 0 Å². The van der Waals surface area contributed by atoms with Gasteiger partial charge >= 0.3 is 95.1 Å². The second-order valence-corrected chi connectivity index (χ2v) is 26.2. The molecule has 0 saturated carbocycles. The summed E-state index contributed by atoms with van der Waals surface area (Å²) in [6, 6.07) is 0. The summed E-state index contributed by atoms with van der Waals surface area (Å²) in [4.78, 5) is 0. The molecule has 0 unspecified atom stereocenters. The average molecular weight is 552 g/mol. The quantitative estimate of drug-likeness (QED) is 0.434. The summed E-state index contributed by atoms with van der Waals surface area (Å²) in [5.74, 6) is 0. The first-order valence-corrected chi connectivity index (χ1v) is 17.0. The van der Waals surface area contributed by atoms with Gasteiger partial charge in [0.25, 0.3) is 0 Å². The summed E-state index contributed by atoms with van der Waals surface area (Å²) >= 11 is 5.12. The summed E-state index contributed by atoms with van der Waals surface area (Å²) in [7, 11) is -0.835. The summed E-state index contributed by atoms with van der Waals surface area (Å²) in [6.45, 7) is 0. The predicted molar refractivity (Wildman–Crippen MR) is 63.5 cm³/mol. The van der Waals surface area contributed by atoms with Gasteiger partial charge in [-0.15, -0.1) is 0 Å². The summed E-state index contributed by atoms with van der Waals surface area (Å²) in [5.41, 5.74) is 0. The summed E-state index contributed by atoms with van der Waals surface area (Å²) < 4.78 is 1.51. The van der Waals surface area contributed by atoms with Crippen molar-refractivity contribution in [1.29, 1.82) is 0 Å². The molecule has 11 heavy (non-hydrogen) atoms. The average Bonchev–Trinajstić information content (AvgIpc) is 1.84. The molecule has 0 aromatic heterocycles. The van der Waals surface area contributed by atoms with Gasteiger partial charge in [0.2, 0.25) is 0 Å². The Morgan fingerprint density at radius 2 is 1.55 bits per heavy atom. The summed E-state index contributed by atoms with van der Waals surface area (Å²) in [5, 5.41) is 0. The van der Waals surface area contributed by atoms with E-state index in [1.807, 2.05) is 6.08 Å². The Morgan fingerprint density at radius 3 is 2.27 bits per heavy atom. The Bertz CT molecular complexity index is 236. The molecule has 0 aromatic carbocycles. The first-order valence-electron chi connectivity index (χ1n) is 2.97. The van der Waals surface area contributed by atoms with Crippen molar-refractivity contribution in [2.45, 2.75) is 0 Å². The van der Waals surface area contributed by atoms with E-state index in [9.17, 15) is 0 Å². The molecular formula is C8H7I2Pt. The standard InChI is InChI=1S/C8H7.2HI.Pt/c1-2-4-6-8-7-5-3-1;;;/h1-7H;2*1H;/q;;;+2/p-2. The molecule has 1 aliphatic carbocycles. The second-order valence-electron chi connectivity index (χ2n) is 1.81. The molecule has 0 nitrogen and oxygen atoms in total. The van der Waals surface area contributed by atoms with Gasteiger partial charge in [0.05, 0.1) is 0 Å². The van der Waals surface area contributed by atoms with E-state index in [-0.39, 0.29) is 0 Å². The third-order valence-electron chi connectivity index (χ3n) is 1.07. The first kappa shape index (κ1) is 10.2. The molecule has 0 saturated heterocycles. The molecule has 0 bridgehead atoms. The first-order chi connectivity index (χ1) is 5.30. The molecule has 0 fully saturated rings. The van der Waals surface area contributed by atoms with Crippen molar-refractivity contribution in [3.05, 3.63) is 46.5 Å². The Hall–Kier alpha value is 1.11. The van der Waals surface area contributed by atoms with Crippen molar-refractivity contribution in [1.82, 2.24) is 0 Å². The molecule has 0 amide bonds. The van der Waals surface area contributed by atoms with Crippen LogP contribution in [0.3, 0.4) is 0 Å². The molecule has 0 aromatic rings. The Labute approximate surface area is 93.7 Å². The van der Waals surface area contributed by atoms with Crippen LogP contribution >= 0.6 is 38.7 Å². The molecule has 0 spiro atoms. The van der Waals surface area contributed by atoms with E-state index < -0.39 is 9.95 Å². The third kappa shape index (κ3) is 4.04. The van der Waals surface area contributed by atoms with Crippen LogP contribution in [0.2, 0.25) is 0 Å². The molecule has 3 heteroatoms. The van der Waals surface area contributed by atoms with Crippen molar-refractivity contribution in [2.24, 2.45) is 0 Å². The fourth-order valence-corrected chi connectivity index (χ4v) is 5.34. The monoisotopic (exact) mass is 552 g/mol. The van der Waals surface area contributed by atoms with Crippen LogP contribution in [0.25, 0.3) is 0 Å². The van der Waals surface area contributed by atoms with Crippen LogP contribution < -0.4 is 0 Å². The molecule has 0 heterocycles. The maximum absolute atomic E-state index is 2.56. The zero-order valence-electron chi connectivity index (χ0n) is 5.61. The van der Waals surface area contributed by atoms with Crippen molar-refractivity contribution < 1.29 is 9.95 Å². The van der Waals surface area contributed by atoms with Crippen molar-refractivity contribution >= 4 is 38.7 Å². The van der Waals surface area contributed by atoms with Crippen LogP contribution in [0, 0.1) is 0 Å². The van der Waals surface area contributed by atoms with Crippen LogP contribution in [0.15, 0.2) is 46.5 Å². The van der Waals surface area contributed by atoms with E-state index in [2.05, 4.69) is 75.2 Å². The molecule has 0 radical (unpaired) electrons. The Morgan fingerprint density at radius 1 is 0.909 bits per heavy atom. The molecule has 63 valence electrons. The molecule has 0 atom stereocenters. The van der Waals surface area contributed by atoms with Gasteiger partial charge in [0.1, 0.15) is 0 Å². The fraction of sp³-hybridized carbons (Fsp3) is 0. The van der Waals surface area contributed by atoms with E-state index in [0.717, 1.165) is 0 Å². The van der Waals surface area contributed by atoms with Crippen LogP contribution in [0.5, 0.6) is 0 Å². The van der Waals surface area contributed by atoms with E-state index in [4.69, 9.17) is 0 Å². The topological polar surface area (TPSA) is 0 Å². The van der Waals surface area contributed by atoms with Gasteiger partial charge in [0, 0.05) is 0 Å². The number of hydrogen-bond acceptors (Lipinski definition) is 0. The van der Waals surface area contributed by atoms with Gasteiger partial charge < -0.3 is 0 Å². The minimum absolute atomic E-state index is 0.835. The van der Waals surface area contributed by atoms with Crippen LogP contribution in [0.1, 0.15) is 0 Å². The van der Waals surface area contributed by atoms with Gasteiger partial charge in [-0.3, -0.25) is 0 Å². The van der Waals surface area contributed by atoms with Gasteiger partial charge in [-0.05, 0) is 0 Å². The maximum atomic E-state index is 2.56. The van der Waals surface area contributed by atoms with Gasteiger partial charge in [-0.25, -0.2) is 0 Å². The van der Waals surface area contributed by atoms with E-state index >= 15 is 0 Å². The fourth-order valence-electron chi connectivity index (χ4n) is 0.611. The summed E-state index contributed by atoms with van der Waals surface area (Å²) in [6.07, 6.45) is 14.8. The number of allylic oxidation sites excluding steroid dienone is 8. The third-order valence-corrected chi connectivity index (χ3v) is 9.27. The minimum atomic E-state index is -0.835. The molecular weight excluding hydrogens is 545 g/mol. The van der Waals surface area contributed by atoms with Crippen LogP contribution in [-0.2, 0) is 9.95 Å².